The molecule has 1 saturated heterocycles. The molecular formula is C18H23Cl2N3O4. The number of hydrogen-bond acceptors (Lipinski definition) is 6. The van der Waals surface area contributed by atoms with E-state index in [0.29, 0.717) is 37.9 Å². The first-order chi connectivity index (χ1) is 12.2. The fourth-order valence-electron chi connectivity index (χ4n) is 2.41. The van der Waals surface area contributed by atoms with E-state index in [0.717, 1.165) is 11.3 Å². The van der Waals surface area contributed by atoms with Gasteiger partial charge in [0, 0.05) is 31.4 Å². The van der Waals surface area contributed by atoms with Gasteiger partial charge in [0.15, 0.2) is 0 Å². The lowest BCUT2D eigenvalue weighted by molar-refractivity contribution is -0.126. The lowest BCUT2D eigenvalue weighted by Crippen LogP contribution is -2.51. The third kappa shape index (κ3) is 6.88. The highest BCUT2D eigenvalue weighted by molar-refractivity contribution is 5.85. The average Bonchev–Trinajstić information content (AvgIpc) is 2.68. The van der Waals surface area contributed by atoms with Gasteiger partial charge < -0.3 is 24.8 Å². The van der Waals surface area contributed by atoms with Gasteiger partial charge in [0.05, 0.1) is 20.3 Å². The third-order valence-corrected chi connectivity index (χ3v) is 3.77. The quantitative estimate of drug-likeness (QED) is 0.753. The Morgan fingerprint density at radius 1 is 1.30 bits per heavy atom. The molecule has 1 fully saturated rings. The molecule has 2 heterocycles. The Hall–Kier alpha value is -2.06. The molecular weight excluding hydrogens is 393 g/mol. The molecule has 1 aromatic heterocycles. The van der Waals surface area contributed by atoms with Crippen LogP contribution in [-0.2, 0) is 16.1 Å². The molecule has 1 atom stereocenters. The molecule has 148 valence electrons. The summed E-state index contributed by atoms with van der Waals surface area (Å²) in [6, 6.07) is 10.7. The number of nitrogens with one attached hydrogen (secondary N) is 2. The van der Waals surface area contributed by atoms with Crippen LogP contribution in [0.5, 0.6) is 17.4 Å². The summed E-state index contributed by atoms with van der Waals surface area (Å²) in [5, 5.41) is 5.99. The van der Waals surface area contributed by atoms with Crippen molar-refractivity contribution in [1.82, 2.24) is 15.6 Å². The number of carbonyl (C=O) groups is 1. The zero-order chi connectivity index (χ0) is 17.5. The van der Waals surface area contributed by atoms with Crippen LogP contribution in [0.2, 0.25) is 0 Å². The normalized spacial score (nSPS) is 15.7. The zero-order valence-corrected chi connectivity index (χ0v) is 16.5. The van der Waals surface area contributed by atoms with Gasteiger partial charge in [-0.15, -0.1) is 24.8 Å². The molecule has 0 saturated carbocycles. The summed E-state index contributed by atoms with van der Waals surface area (Å²) >= 11 is 0. The van der Waals surface area contributed by atoms with Crippen molar-refractivity contribution >= 4 is 30.7 Å². The summed E-state index contributed by atoms with van der Waals surface area (Å²) in [7, 11) is 1.61. The van der Waals surface area contributed by atoms with Crippen molar-refractivity contribution in [3.8, 4) is 17.4 Å². The van der Waals surface area contributed by atoms with Gasteiger partial charge in [0.2, 0.25) is 11.8 Å². The van der Waals surface area contributed by atoms with Crippen molar-refractivity contribution in [2.24, 2.45) is 0 Å². The Morgan fingerprint density at radius 3 is 2.78 bits per heavy atom. The zero-order valence-electron chi connectivity index (χ0n) is 14.8. The minimum Gasteiger partial charge on any atom is -0.497 e. The lowest BCUT2D eigenvalue weighted by atomic mass is 10.2. The number of rotatable bonds is 6. The van der Waals surface area contributed by atoms with E-state index in [1.165, 1.54) is 0 Å². The molecule has 1 aliphatic rings. The van der Waals surface area contributed by atoms with Crippen molar-refractivity contribution in [3.63, 3.8) is 0 Å². The number of halogens is 2. The minimum absolute atomic E-state index is 0. The van der Waals surface area contributed by atoms with Crippen LogP contribution in [0.15, 0.2) is 42.6 Å². The van der Waals surface area contributed by atoms with Gasteiger partial charge in [0.1, 0.15) is 17.5 Å². The molecule has 0 aliphatic carbocycles. The van der Waals surface area contributed by atoms with Gasteiger partial charge in [0.25, 0.3) is 0 Å². The monoisotopic (exact) mass is 415 g/mol. The second-order valence-electron chi connectivity index (χ2n) is 5.59. The fraction of sp³-hybridized carbons (Fsp3) is 0.333. The summed E-state index contributed by atoms with van der Waals surface area (Å²) < 4.78 is 16.1. The van der Waals surface area contributed by atoms with E-state index in [2.05, 4.69) is 15.6 Å². The lowest BCUT2D eigenvalue weighted by Gasteiger charge is -2.22. The van der Waals surface area contributed by atoms with Crippen molar-refractivity contribution in [2.75, 3.05) is 26.9 Å². The van der Waals surface area contributed by atoms with E-state index in [1.54, 1.807) is 25.4 Å². The molecule has 27 heavy (non-hydrogen) atoms. The maximum atomic E-state index is 12.0. The molecule has 1 unspecified atom stereocenters. The number of morpholine rings is 1. The summed E-state index contributed by atoms with van der Waals surface area (Å²) in [6.07, 6.45) is 1.68. The number of methoxy groups -OCH3 is 1. The maximum Gasteiger partial charge on any atom is 0.239 e. The predicted molar refractivity (Wildman–Crippen MR) is 106 cm³/mol. The summed E-state index contributed by atoms with van der Waals surface area (Å²) in [4.78, 5) is 16.3. The third-order valence-electron chi connectivity index (χ3n) is 3.77. The Bertz CT molecular complexity index is 710. The molecule has 7 nitrogen and oxygen atoms in total. The van der Waals surface area contributed by atoms with Gasteiger partial charge in [-0.2, -0.15) is 0 Å². The fourth-order valence-corrected chi connectivity index (χ4v) is 2.41. The first-order valence-corrected chi connectivity index (χ1v) is 8.10. The van der Waals surface area contributed by atoms with Crippen LogP contribution in [0.4, 0.5) is 0 Å². The number of carbonyl (C=O) groups excluding carboxylic acids is 1. The van der Waals surface area contributed by atoms with Crippen LogP contribution in [0, 0.1) is 0 Å². The molecule has 3 rings (SSSR count). The first kappa shape index (κ1) is 23.0. The first-order valence-electron chi connectivity index (χ1n) is 8.10. The van der Waals surface area contributed by atoms with Crippen molar-refractivity contribution in [1.29, 1.82) is 0 Å². The maximum absolute atomic E-state index is 12.0. The number of nitrogens with zero attached hydrogens (tertiary/aromatic N) is 1. The van der Waals surface area contributed by atoms with Crippen molar-refractivity contribution in [3.05, 3.63) is 48.2 Å². The highest BCUT2D eigenvalue weighted by Crippen LogP contribution is 2.23. The number of pyridine rings is 1. The smallest absolute Gasteiger partial charge is 0.239 e. The topological polar surface area (TPSA) is 81.7 Å². The standard InChI is InChI=1S/C18H21N3O4.2ClH/c1-23-14-3-2-4-15(9-14)25-17-6-5-13(10-20-17)11-21-18(22)16-12-24-8-7-19-16;;/h2-6,9-10,16,19H,7-8,11-12H2,1H3,(H,21,22);2*1H. The van der Waals surface area contributed by atoms with E-state index in [1.807, 2.05) is 24.3 Å². The predicted octanol–water partition coefficient (Wildman–Crippen LogP) is 2.33. The molecule has 2 aromatic rings. The van der Waals surface area contributed by atoms with E-state index in [-0.39, 0.29) is 36.8 Å². The number of benzene rings is 1. The molecule has 0 spiro atoms. The molecule has 1 aromatic carbocycles. The highest BCUT2D eigenvalue weighted by atomic mass is 35.5. The molecule has 0 radical (unpaired) electrons. The van der Waals surface area contributed by atoms with Crippen LogP contribution in [-0.4, -0.2) is 43.8 Å². The van der Waals surface area contributed by atoms with Gasteiger partial charge in [-0.25, -0.2) is 4.98 Å². The van der Waals surface area contributed by atoms with E-state index < -0.39 is 0 Å². The summed E-state index contributed by atoms with van der Waals surface area (Å²) in [6.45, 7) is 2.14. The van der Waals surface area contributed by atoms with E-state index in [4.69, 9.17) is 14.2 Å². The number of amides is 1. The number of hydrogen-bond donors (Lipinski definition) is 2. The van der Waals surface area contributed by atoms with Crippen LogP contribution >= 0.6 is 24.8 Å². The Kier molecular flexibility index (Phi) is 9.88. The van der Waals surface area contributed by atoms with Crippen LogP contribution in [0.25, 0.3) is 0 Å². The van der Waals surface area contributed by atoms with Gasteiger partial charge in [-0.1, -0.05) is 12.1 Å². The average molecular weight is 416 g/mol. The molecule has 1 aliphatic heterocycles. The Labute approximate surface area is 170 Å². The molecule has 2 N–H and O–H groups in total. The highest BCUT2D eigenvalue weighted by Gasteiger charge is 2.20. The largest absolute Gasteiger partial charge is 0.497 e. The van der Waals surface area contributed by atoms with Gasteiger partial charge >= 0.3 is 0 Å². The molecule has 9 heteroatoms. The van der Waals surface area contributed by atoms with Crippen LogP contribution in [0.1, 0.15) is 5.56 Å². The Balaban J connectivity index is 0.00000182. The van der Waals surface area contributed by atoms with Crippen LogP contribution < -0.4 is 20.1 Å². The van der Waals surface area contributed by atoms with E-state index in [9.17, 15) is 4.79 Å². The summed E-state index contributed by atoms with van der Waals surface area (Å²) in [5.41, 5.74) is 0.892. The SMILES string of the molecule is COc1cccc(Oc2ccc(CNC(=O)C3COCCN3)cn2)c1.Cl.Cl. The number of ether oxygens (including phenoxy) is 3. The molecule has 0 bridgehead atoms. The number of aromatic nitrogens is 1. The minimum atomic E-state index is -0.294. The van der Waals surface area contributed by atoms with Gasteiger partial charge in [-0.3, -0.25) is 4.79 Å². The second kappa shape index (κ2) is 11.6. The van der Waals surface area contributed by atoms with Gasteiger partial charge in [-0.05, 0) is 17.7 Å². The summed E-state index contributed by atoms with van der Waals surface area (Å²) in [5.74, 6) is 1.77. The molecule has 1 amide bonds. The Morgan fingerprint density at radius 2 is 2.11 bits per heavy atom. The van der Waals surface area contributed by atoms with Crippen LogP contribution in [0.3, 0.4) is 0 Å². The van der Waals surface area contributed by atoms with Crippen molar-refractivity contribution in [2.45, 2.75) is 12.6 Å². The second-order valence-corrected chi connectivity index (χ2v) is 5.59. The van der Waals surface area contributed by atoms with Crippen molar-refractivity contribution < 1.29 is 19.0 Å². The van der Waals surface area contributed by atoms with E-state index >= 15 is 0 Å².